The summed E-state index contributed by atoms with van der Waals surface area (Å²) >= 11 is 1.34. The maximum absolute atomic E-state index is 13.1. The number of carbonyl (C=O) groups excluding carboxylic acids is 1. The number of nitrogens with zero attached hydrogens (tertiary/aromatic N) is 2. The molecule has 0 unspecified atom stereocenters. The van der Waals surface area contributed by atoms with E-state index in [4.69, 9.17) is 9.47 Å². The first kappa shape index (κ1) is 19.7. The summed E-state index contributed by atoms with van der Waals surface area (Å²) in [6.07, 6.45) is 1.32. The zero-order valence-corrected chi connectivity index (χ0v) is 17.2. The molecule has 0 fully saturated rings. The Bertz CT molecular complexity index is 1260. The number of para-hydroxylation sites is 1. The average molecular weight is 421 g/mol. The second-order valence-corrected chi connectivity index (χ2v) is 7.28. The number of hydrogen-bond acceptors (Lipinski definition) is 6. The number of aromatic nitrogens is 2. The quantitative estimate of drug-likeness (QED) is 0.516. The highest BCUT2D eigenvalue weighted by Gasteiger charge is 2.17. The molecule has 2 aromatic heterocycles. The number of hydrogen-bond donors (Lipinski definition) is 1. The first-order valence-corrected chi connectivity index (χ1v) is 10.0. The maximum Gasteiger partial charge on any atom is 0.271 e. The van der Waals surface area contributed by atoms with Crippen LogP contribution < -0.4 is 20.3 Å². The standard InChI is InChI=1S/C22H19N3O4S/c1-28-16-9-7-14(8-10-16)18-13-30-22-24-12-17(21(27)25(18)22)20(26)23-11-15-5-3-4-6-19(15)29-2/h3-10,12-13H,11H2,1-2H3,(H,23,26). The molecule has 0 aliphatic rings. The second kappa shape index (κ2) is 8.38. The predicted molar refractivity (Wildman–Crippen MR) is 115 cm³/mol. The van der Waals surface area contributed by atoms with Crippen LogP contribution in [-0.4, -0.2) is 29.5 Å². The van der Waals surface area contributed by atoms with Crippen LogP contribution in [0.1, 0.15) is 15.9 Å². The van der Waals surface area contributed by atoms with Gasteiger partial charge in [0.05, 0.1) is 19.9 Å². The molecule has 0 radical (unpaired) electrons. The van der Waals surface area contributed by atoms with Gasteiger partial charge < -0.3 is 14.8 Å². The molecule has 30 heavy (non-hydrogen) atoms. The third-order valence-corrected chi connectivity index (χ3v) is 5.55. The zero-order chi connectivity index (χ0) is 21.1. The van der Waals surface area contributed by atoms with Crippen LogP contribution in [0.3, 0.4) is 0 Å². The molecule has 0 spiro atoms. The van der Waals surface area contributed by atoms with Crippen LogP contribution in [0.5, 0.6) is 11.5 Å². The van der Waals surface area contributed by atoms with Crippen molar-refractivity contribution < 1.29 is 14.3 Å². The van der Waals surface area contributed by atoms with E-state index in [1.807, 2.05) is 53.9 Å². The number of nitrogens with one attached hydrogen (secondary N) is 1. The molecule has 0 saturated carbocycles. The molecule has 0 bridgehead atoms. The first-order valence-electron chi connectivity index (χ1n) is 9.16. The van der Waals surface area contributed by atoms with E-state index < -0.39 is 11.5 Å². The Morgan fingerprint density at radius 1 is 1.10 bits per heavy atom. The lowest BCUT2D eigenvalue weighted by Crippen LogP contribution is -2.31. The highest BCUT2D eigenvalue weighted by Crippen LogP contribution is 2.26. The Labute approximate surface area is 176 Å². The van der Waals surface area contributed by atoms with Crippen molar-refractivity contribution in [3.63, 3.8) is 0 Å². The lowest BCUT2D eigenvalue weighted by atomic mass is 10.1. The molecule has 4 rings (SSSR count). The van der Waals surface area contributed by atoms with Gasteiger partial charge in [0.1, 0.15) is 17.1 Å². The van der Waals surface area contributed by atoms with Gasteiger partial charge in [-0.2, -0.15) is 0 Å². The molecular formula is C22H19N3O4S. The lowest BCUT2D eigenvalue weighted by molar-refractivity contribution is 0.0948. The number of ether oxygens (including phenoxy) is 2. The van der Waals surface area contributed by atoms with Gasteiger partial charge in [-0.15, -0.1) is 11.3 Å². The Morgan fingerprint density at radius 2 is 1.87 bits per heavy atom. The highest BCUT2D eigenvalue weighted by atomic mass is 32.1. The largest absolute Gasteiger partial charge is 0.497 e. The van der Waals surface area contributed by atoms with Crippen LogP contribution in [0.4, 0.5) is 0 Å². The minimum atomic E-state index is -0.486. The average Bonchev–Trinajstić information content (AvgIpc) is 3.23. The number of carbonyl (C=O) groups is 1. The Balaban J connectivity index is 1.65. The van der Waals surface area contributed by atoms with E-state index in [1.54, 1.807) is 14.2 Å². The number of methoxy groups -OCH3 is 2. The zero-order valence-electron chi connectivity index (χ0n) is 16.4. The smallest absolute Gasteiger partial charge is 0.271 e. The van der Waals surface area contributed by atoms with Crippen molar-refractivity contribution in [2.75, 3.05) is 14.2 Å². The van der Waals surface area contributed by atoms with Crippen molar-refractivity contribution in [3.8, 4) is 22.8 Å². The molecule has 0 aliphatic carbocycles. The summed E-state index contributed by atoms with van der Waals surface area (Å²) in [5.41, 5.74) is 1.89. The van der Waals surface area contributed by atoms with Gasteiger partial charge in [0.15, 0.2) is 4.96 Å². The Morgan fingerprint density at radius 3 is 2.60 bits per heavy atom. The molecule has 0 aliphatic heterocycles. The minimum absolute atomic E-state index is 0.0180. The van der Waals surface area contributed by atoms with E-state index >= 15 is 0 Å². The molecule has 0 saturated heterocycles. The fourth-order valence-corrected chi connectivity index (χ4v) is 3.99. The van der Waals surface area contributed by atoms with Crippen LogP contribution >= 0.6 is 11.3 Å². The van der Waals surface area contributed by atoms with Crippen LogP contribution in [0, 0.1) is 0 Å². The lowest BCUT2D eigenvalue weighted by Gasteiger charge is -2.09. The van der Waals surface area contributed by atoms with Crippen molar-refractivity contribution in [2.45, 2.75) is 6.54 Å². The maximum atomic E-state index is 13.1. The van der Waals surface area contributed by atoms with E-state index in [2.05, 4.69) is 10.3 Å². The molecule has 2 aromatic carbocycles. The van der Waals surface area contributed by atoms with E-state index in [-0.39, 0.29) is 12.1 Å². The van der Waals surface area contributed by atoms with E-state index in [0.29, 0.717) is 16.4 Å². The molecule has 4 aromatic rings. The molecule has 0 atom stereocenters. The normalized spacial score (nSPS) is 10.7. The van der Waals surface area contributed by atoms with Crippen LogP contribution in [0.15, 0.2) is 64.9 Å². The monoisotopic (exact) mass is 421 g/mol. The van der Waals surface area contributed by atoms with Crippen molar-refractivity contribution in [1.29, 1.82) is 0 Å². The van der Waals surface area contributed by atoms with Gasteiger partial charge in [-0.05, 0) is 35.9 Å². The second-order valence-electron chi connectivity index (χ2n) is 6.44. The van der Waals surface area contributed by atoms with E-state index in [0.717, 1.165) is 16.9 Å². The fourth-order valence-electron chi connectivity index (χ4n) is 3.13. The van der Waals surface area contributed by atoms with E-state index in [9.17, 15) is 9.59 Å². The number of rotatable bonds is 6. The molecule has 152 valence electrons. The van der Waals surface area contributed by atoms with Crippen molar-refractivity contribution in [3.05, 3.63) is 81.6 Å². The number of benzene rings is 2. The van der Waals surface area contributed by atoms with Gasteiger partial charge >= 0.3 is 0 Å². The molecule has 1 N–H and O–H groups in total. The Kier molecular flexibility index (Phi) is 5.49. The summed E-state index contributed by atoms with van der Waals surface area (Å²) in [7, 11) is 3.17. The summed E-state index contributed by atoms with van der Waals surface area (Å²) < 4.78 is 11.9. The number of fused-ring (bicyclic) bond motifs is 1. The summed E-state index contributed by atoms with van der Waals surface area (Å²) in [4.78, 5) is 30.6. The third-order valence-electron chi connectivity index (χ3n) is 4.71. The summed E-state index contributed by atoms with van der Waals surface area (Å²) in [5.74, 6) is 0.905. The van der Waals surface area contributed by atoms with Gasteiger partial charge in [0.25, 0.3) is 11.5 Å². The van der Waals surface area contributed by atoms with Gasteiger partial charge in [0, 0.05) is 23.7 Å². The van der Waals surface area contributed by atoms with Crippen molar-refractivity contribution in [1.82, 2.24) is 14.7 Å². The fraction of sp³-hybridized carbons (Fsp3) is 0.136. The van der Waals surface area contributed by atoms with Crippen molar-refractivity contribution >= 4 is 22.2 Å². The van der Waals surface area contributed by atoms with Crippen LogP contribution in [0.25, 0.3) is 16.2 Å². The minimum Gasteiger partial charge on any atom is -0.497 e. The molecule has 1 amide bonds. The van der Waals surface area contributed by atoms with Crippen LogP contribution in [-0.2, 0) is 6.54 Å². The van der Waals surface area contributed by atoms with Gasteiger partial charge in [0.2, 0.25) is 0 Å². The van der Waals surface area contributed by atoms with Gasteiger partial charge in [-0.25, -0.2) is 4.98 Å². The molecule has 8 heteroatoms. The van der Waals surface area contributed by atoms with Crippen LogP contribution in [0.2, 0.25) is 0 Å². The Hall–Kier alpha value is -3.65. The molecule has 7 nitrogen and oxygen atoms in total. The number of amides is 1. The molecular weight excluding hydrogens is 402 g/mol. The first-order chi connectivity index (χ1) is 14.6. The highest BCUT2D eigenvalue weighted by molar-refractivity contribution is 7.15. The third kappa shape index (κ3) is 3.65. The van der Waals surface area contributed by atoms with Gasteiger partial charge in [-0.1, -0.05) is 18.2 Å². The van der Waals surface area contributed by atoms with Crippen molar-refractivity contribution in [2.24, 2.45) is 0 Å². The topological polar surface area (TPSA) is 81.9 Å². The summed E-state index contributed by atoms with van der Waals surface area (Å²) in [6.45, 7) is 0.236. The summed E-state index contributed by atoms with van der Waals surface area (Å²) in [5, 5.41) is 4.63. The summed E-state index contributed by atoms with van der Waals surface area (Å²) in [6, 6.07) is 14.7. The number of thiazole rings is 1. The predicted octanol–water partition coefficient (Wildman–Crippen LogP) is 3.37. The molecule has 2 heterocycles. The van der Waals surface area contributed by atoms with E-state index in [1.165, 1.54) is 21.9 Å². The SMILES string of the molecule is COc1ccc(-c2csc3ncc(C(=O)NCc4ccccc4OC)c(=O)n23)cc1. The van der Waals surface area contributed by atoms with Gasteiger partial charge in [-0.3, -0.25) is 14.0 Å².